The molecule has 0 bridgehead atoms. The van der Waals surface area contributed by atoms with Crippen molar-refractivity contribution >= 4 is 49.8 Å². The molecule has 2 amide bonds. The number of carbonyl (C=O) groups is 2. The lowest BCUT2D eigenvalue weighted by molar-refractivity contribution is -0.120. The van der Waals surface area contributed by atoms with E-state index in [0.717, 1.165) is 5.39 Å². The Morgan fingerprint density at radius 2 is 1.84 bits per heavy atom. The van der Waals surface area contributed by atoms with E-state index in [1.165, 1.54) is 10.6 Å². The molecule has 0 spiro atoms. The largest absolute Gasteiger partial charge is 0.360 e. The van der Waals surface area contributed by atoms with Gasteiger partial charge in [0.15, 0.2) is 9.84 Å². The van der Waals surface area contributed by atoms with Gasteiger partial charge in [-0.15, -0.1) is 0 Å². The summed E-state index contributed by atoms with van der Waals surface area (Å²) in [7, 11) is -3.45. The number of rotatable bonds is 5. The minimum absolute atomic E-state index is 0.118. The lowest BCUT2D eigenvalue weighted by Crippen LogP contribution is -2.51. The average molecular weight is 539 g/mol. The second kappa shape index (κ2) is 9.87. The number of carbonyl (C=O) groups excluding carboxylic acids is 2. The molecule has 4 aromatic rings. The smallest absolute Gasteiger partial charge is 0.255 e. The molecule has 37 heavy (non-hydrogen) atoms. The van der Waals surface area contributed by atoms with E-state index in [9.17, 15) is 22.8 Å². The van der Waals surface area contributed by atoms with Gasteiger partial charge in [-0.05, 0) is 48.9 Å². The molecule has 1 fully saturated rings. The Balaban J connectivity index is 1.32. The summed E-state index contributed by atoms with van der Waals surface area (Å²) in [5, 5.41) is 6.92. The molecule has 0 aliphatic carbocycles. The molecular weight excluding hydrogens is 516 g/mol. The van der Waals surface area contributed by atoms with Crippen molar-refractivity contribution in [3.05, 3.63) is 94.0 Å². The summed E-state index contributed by atoms with van der Waals surface area (Å²) in [6, 6.07) is 15.8. The number of aromatic amines is 1. The van der Waals surface area contributed by atoms with Gasteiger partial charge in [-0.3, -0.25) is 19.0 Å². The zero-order valence-corrected chi connectivity index (χ0v) is 21.1. The van der Waals surface area contributed by atoms with Crippen LogP contribution < -0.4 is 16.2 Å². The molecule has 3 N–H and O–H groups in total. The summed E-state index contributed by atoms with van der Waals surface area (Å²) < 4.78 is 26.2. The minimum atomic E-state index is -3.45. The Bertz CT molecular complexity index is 1660. The van der Waals surface area contributed by atoms with Gasteiger partial charge in [0.25, 0.3) is 11.5 Å². The topological polar surface area (TPSA) is 130 Å². The highest BCUT2D eigenvalue weighted by molar-refractivity contribution is 7.91. The molecule has 0 radical (unpaired) electrons. The first-order valence-electron chi connectivity index (χ1n) is 11.6. The van der Waals surface area contributed by atoms with Crippen molar-refractivity contribution in [2.45, 2.75) is 12.5 Å². The number of H-pyrrole nitrogens is 1. The normalized spacial score (nSPS) is 18.8. The predicted octanol–water partition coefficient (Wildman–Crippen LogP) is 3.14. The number of hydrogen-bond donors (Lipinski definition) is 3. The van der Waals surface area contributed by atoms with E-state index in [1.54, 1.807) is 67.0 Å². The summed E-state index contributed by atoms with van der Waals surface area (Å²) in [6.45, 7) is 0. The third-order valence-electron chi connectivity index (χ3n) is 6.44. The number of amides is 2. The van der Waals surface area contributed by atoms with Crippen LogP contribution in [0.3, 0.4) is 0 Å². The number of nitrogens with one attached hydrogen (secondary N) is 3. The van der Waals surface area contributed by atoms with E-state index in [0.29, 0.717) is 27.5 Å². The molecule has 0 unspecified atom stereocenters. The molecule has 3 heterocycles. The standard InChI is InChI=1S/C26H23ClN4O5S/c27-21-14-28-23-13-16(4-9-19(21)23)25(33)30-22-10-12-37(35,36)15-20(22)26(34)29-17-5-7-18(8-6-17)31-11-2-1-3-24(31)32/h1-9,11,13-14,20,22,28H,10,12,15H2,(H,29,34)(H,30,33)/t20-,22+/m0/s1. The van der Waals surface area contributed by atoms with E-state index in [4.69, 9.17) is 11.6 Å². The molecule has 2 atom stereocenters. The molecule has 0 saturated carbocycles. The van der Waals surface area contributed by atoms with Gasteiger partial charge in [0.2, 0.25) is 5.91 Å². The second-order valence-corrected chi connectivity index (χ2v) is 11.6. The SMILES string of the molecule is O=C(N[C@@H]1CCS(=O)(=O)C[C@@H]1C(=O)Nc1ccc(-n2ccccc2=O)cc1)c1ccc2c(Cl)c[nH]c2c1. The Labute approximate surface area is 217 Å². The van der Waals surface area contributed by atoms with Crippen LogP contribution in [-0.4, -0.2) is 47.3 Å². The van der Waals surface area contributed by atoms with Crippen molar-refractivity contribution in [1.29, 1.82) is 0 Å². The van der Waals surface area contributed by atoms with E-state index in [1.807, 2.05) is 0 Å². The maximum Gasteiger partial charge on any atom is 0.255 e. The molecule has 2 aromatic heterocycles. The highest BCUT2D eigenvalue weighted by Crippen LogP contribution is 2.25. The number of pyridine rings is 1. The number of aromatic nitrogens is 2. The van der Waals surface area contributed by atoms with Gasteiger partial charge in [0, 0.05) is 52.3 Å². The van der Waals surface area contributed by atoms with Crippen LogP contribution >= 0.6 is 11.6 Å². The first-order valence-corrected chi connectivity index (χ1v) is 13.8. The summed E-state index contributed by atoms with van der Waals surface area (Å²) >= 11 is 6.11. The molecule has 1 aliphatic rings. The number of nitrogens with zero attached hydrogens (tertiary/aromatic N) is 1. The Kier molecular flexibility index (Phi) is 6.61. The number of hydrogen-bond acceptors (Lipinski definition) is 5. The Morgan fingerprint density at radius 1 is 1.05 bits per heavy atom. The number of benzene rings is 2. The summed E-state index contributed by atoms with van der Waals surface area (Å²) in [6.07, 6.45) is 3.39. The van der Waals surface area contributed by atoms with Gasteiger partial charge >= 0.3 is 0 Å². The number of sulfone groups is 1. The van der Waals surface area contributed by atoms with Crippen LogP contribution in [0.4, 0.5) is 5.69 Å². The van der Waals surface area contributed by atoms with Gasteiger partial charge in [-0.1, -0.05) is 23.7 Å². The highest BCUT2D eigenvalue weighted by atomic mass is 35.5. The average Bonchev–Trinajstić information content (AvgIpc) is 3.25. The fraction of sp³-hybridized carbons (Fsp3) is 0.192. The van der Waals surface area contributed by atoms with Crippen LogP contribution in [0.5, 0.6) is 0 Å². The molecule has 190 valence electrons. The molecule has 5 rings (SSSR count). The molecule has 9 nitrogen and oxygen atoms in total. The second-order valence-electron chi connectivity index (χ2n) is 8.93. The van der Waals surface area contributed by atoms with Crippen LogP contribution in [-0.2, 0) is 14.6 Å². The lowest BCUT2D eigenvalue weighted by atomic mass is 9.97. The third kappa shape index (κ3) is 5.30. The van der Waals surface area contributed by atoms with Crippen LogP contribution in [0.1, 0.15) is 16.8 Å². The zero-order chi connectivity index (χ0) is 26.2. The number of anilines is 1. The van der Waals surface area contributed by atoms with Crippen molar-refractivity contribution in [2.75, 3.05) is 16.8 Å². The summed E-state index contributed by atoms with van der Waals surface area (Å²) in [4.78, 5) is 41.2. The predicted molar refractivity (Wildman–Crippen MR) is 142 cm³/mol. The zero-order valence-electron chi connectivity index (χ0n) is 19.5. The first-order chi connectivity index (χ1) is 17.7. The van der Waals surface area contributed by atoms with Crippen molar-refractivity contribution < 1.29 is 18.0 Å². The van der Waals surface area contributed by atoms with Crippen molar-refractivity contribution in [2.24, 2.45) is 5.92 Å². The summed E-state index contributed by atoms with van der Waals surface area (Å²) in [5.41, 5.74) is 1.93. The molecule has 1 saturated heterocycles. The van der Waals surface area contributed by atoms with Crippen LogP contribution in [0.15, 0.2) is 77.9 Å². The van der Waals surface area contributed by atoms with Gasteiger partial charge in [0.1, 0.15) is 0 Å². The molecule has 1 aliphatic heterocycles. The van der Waals surface area contributed by atoms with E-state index in [-0.39, 0.29) is 23.5 Å². The maximum atomic E-state index is 13.2. The van der Waals surface area contributed by atoms with Gasteiger partial charge in [0.05, 0.1) is 22.4 Å². The minimum Gasteiger partial charge on any atom is -0.360 e. The molecule has 11 heteroatoms. The molecular formula is C26H23ClN4O5S. The lowest BCUT2D eigenvalue weighted by Gasteiger charge is -2.31. The maximum absolute atomic E-state index is 13.2. The van der Waals surface area contributed by atoms with E-state index in [2.05, 4.69) is 15.6 Å². The number of halogens is 1. The van der Waals surface area contributed by atoms with E-state index < -0.39 is 33.6 Å². The fourth-order valence-corrected chi connectivity index (χ4v) is 6.41. The quantitative estimate of drug-likeness (QED) is 0.359. The van der Waals surface area contributed by atoms with Crippen molar-refractivity contribution in [3.8, 4) is 5.69 Å². The summed E-state index contributed by atoms with van der Waals surface area (Å²) in [5.74, 6) is -2.37. The van der Waals surface area contributed by atoms with Gasteiger partial charge < -0.3 is 15.6 Å². The van der Waals surface area contributed by atoms with Crippen LogP contribution in [0.25, 0.3) is 16.6 Å². The molecule has 2 aromatic carbocycles. The monoisotopic (exact) mass is 538 g/mol. The highest BCUT2D eigenvalue weighted by Gasteiger charge is 2.38. The van der Waals surface area contributed by atoms with Gasteiger partial charge in [-0.2, -0.15) is 0 Å². The Hall–Kier alpha value is -3.89. The van der Waals surface area contributed by atoms with Crippen LogP contribution in [0.2, 0.25) is 5.02 Å². The third-order valence-corrected chi connectivity index (χ3v) is 8.48. The van der Waals surface area contributed by atoms with Crippen molar-refractivity contribution in [1.82, 2.24) is 14.9 Å². The number of fused-ring (bicyclic) bond motifs is 1. The van der Waals surface area contributed by atoms with Crippen LogP contribution in [0, 0.1) is 5.92 Å². The fourth-order valence-electron chi connectivity index (χ4n) is 4.48. The first kappa shape index (κ1) is 24.8. The van der Waals surface area contributed by atoms with E-state index >= 15 is 0 Å². The Morgan fingerprint density at radius 3 is 2.59 bits per heavy atom. The van der Waals surface area contributed by atoms with Gasteiger partial charge in [-0.25, -0.2) is 8.42 Å². The van der Waals surface area contributed by atoms with Crippen molar-refractivity contribution in [3.63, 3.8) is 0 Å².